The number of benzene rings is 2. The molecule has 0 bridgehead atoms. The van der Waals surface area contributed by atoms with Gasteiger partial charge >= 0.3 is 0 Å². The number of likely N-dealkylation sites (N-methyl/N-ethyl adjacent to an activating group) is 1. The van der Waals surface area contributed by atoms with E-state index >= 15 is 0 Å². The molecule has 8 nitrogen and oxygen atoms in total. The van der Waals surface area contributed by atoms with Crippen molar-refractivity contribution in [2.75, 3.05) is 57.1 Å². The van der Waals surface area contributed by atoms with Gasteiger partial charge in [0.2, 0.25) is 17.7 Å². The molecule has 0 aliphatic carbocycles. The maximum atomic E-state index is 11.4. The van der Waals surface area contributed by atoms with Crippen molar-refractivity contribution in [1.82, 2.24) is 14.9 Å². The van der Waals surface area contributed by atoms with Gasteiger partial charge in [-0.15, -0.1) is 0 Å². The van der Waals surface area contributed by atoms with Crippen LogP contribution in [0.5, 0.6) is 5.88 Å². The van der Waals surface area contributed by atoms with Crippen LogP contribution in [-0.4, -0.2) is 68.1 Å². The molecule has 2 aromatic carbocycles. The minimum absolute atomic E-state index is 0.398. The Kier molecular flexibility index (Phi) is 7.54. The molecule has 1 aliphatic rings. The van der Waals surface area contributed by atoms with E-state index in [1.165, 1.54) is 11.8 Å². The lowest BCUT2D eigenvalue weighted by atomic mass is 10.2. The van der Waals surface area contributed by atoms with Crippen LogP contribution in [0.15, 0.2) is 64.5 Å². The molecule has 0 atom stereocenters. The number of hydrogen-bond donors (Lipinski definition) is 1. The molecule has 2 N–H and O–H groups in total. The van der Waals surface area contributed by atoms with E-state index in [0.717, 1.165) is 47.2 Å². The van der Waals surface area contributed by atoms with E-state index in [2.05, 4.69) is 38.9 Å². The van der Waals surface area contributed by atoms with Crippen LogP contribution >= 0.6 is 11.8 Å². The van der Waals surface area contributed by atoms with Crippen LogP contribution in [0.25, 0.3) is 0 Å². The second-order valence-electron chi connectivity index (χ2n) is 8.47. The number of amides is 1. The smallest absolute Gasteiger partial charge is 0.248 e. The van der Waals surface area contributed by atoms with Gasteiger partial charge in [0, 0.05) is 56.4 Å². The van der Waals surface area contributed by atoms with Crippen LogP contribution in [0.2, 0.25) is 0 Å². The molecule has 0 spiro atoms. The number of ether oxygens (including phenoxy) is 1. The molecule has 1 fully saturated rings. The number of primary amides is 1. The fraction of sp³-hybridized carbons (Fsp3) is 0.320. The second-order valence-corrected chi connectivity index (χ2v) is 9.59. The Morgan fingerprint density at radius 3 is 2.53 bits per heavy atom. The van der Waals surface area contributed by atoms with Gasteiger partial charge in [-0.05, 0) is 49.0 Å². The first kappa shape index (κ1) is 23.8. The molecule has 0 unspecified atom stereocenters. The highest BCUT2D eigenvalue weighted by atomic mass is 32.2. The molecule has 2 heterocycles. The zero-order valence-electron chi connectivity index (χ0n) is 19.8. The molecule has 0 radical (unpaired) electrons. The van der Waals surface area contributed by atoms with Crippen molar-refractivity contribution in [2.45, 2.75) is 16.4 Å². The first-order valence-corrected chi connectivity index (χ1v) is 12.0. The van der Waals surface area contributed by atoms with Gasteiger partial charge in [-0.2, -0.15) is 4.98 Å². The number of anilines is 2. The minimum atomic E-state index is -0.444. The number of nitrogens with zero attached hydrogens (tertiary/aromatic N) is 5. The molecule has 1 saturated heterocycles. The highest BCUT2D eigenvalue weighted by Crippen LogP contribution is 2.35. The number of rotatable bonds is 8. The van der Waals surface area contributed by atoms with E-state index in [1.807, 2.05) is 44.6 Å². The molecule has 178 valence electrons. The van der Waals surface area contributed by atoms with Gasteiger partial charge in [-0.25, -0.2) is 4.98 Å². The fourth-order valence-corrected chi connectivity index (χ4v) is 4.39. The third-order valence-electron chi connectivity index (χ3n) is 5.66. The highest BCUT2D eigenvalue weighted by Gasteiger charge is 2.19. The second kappa shape index (κ2) is 10.8. The monoisotopic (exact) mass is 478 g/mol. The number of hydrogen-bond acceptors (Lipinski definition) is 8. The molecule has 9 heteroatoms. The third kappa shape index (κ3) is 5.98. The summed E-state index contributed by atoms with van der Waals surface area (Å²) in [5.41, 5.74) is 8.02. The van der Waals surface area contributed by atoms with Crippen LogP contribution < -0.4 is 20.3 Å². The number of piperazine rings is 1. The predicted molar refractivity (Wildman–Crippen MR) is 136 cm³/mol. The van der Waals surface area contributed by atoms with E-state index in [-0.39, 0.29) is 0 Å². The van der Waals surface area contributed by atoms with Crippen molar-refractivity contribution in [3.63, 3.8) is 0 Å². The predicted octanol–water partition coefficient (Wildman–Crippen LogP) is 3.12. The Labute approximate surface area is 204 Å². The summed E-state index contributed by atoms with van der Waals surface area (Å²) >= 11 is 1.50. The van der Waals surface area contributed by atoms with Gasteiger partial charge in [0.05, 0.1) is 11.1 Å². The lowest BCUT2D eigenvalue weighted by molar-refractivity contribution is 0.1000. The number of aromatic nitrogens is 2. The van der Waals surface area contributed by atoms with Crippen molar-refractivity contribution in [3.8, 4) is 5.88 Å². The Morgan fingerprint density at radius 1 is 1.12 bits per heavy atom. The average Bonchev–Trinajstić information content (AvgIpc) is 2.84. The summed E-state index contributed by atoms with van der Waals surface area (Å²) in [5.74, 6) is 0.780. The quantitative estimate of drug-likeness (QED) is 0.528. The summed E-state index contributed by atoms with van der Waals surface area (Å²) in [7, 11) is 6.16. The molecule has 3 aromatic rings. The molecule has 4 rings (SSSR count). The molecule has 1 aromatic heterocycles. The highest BCUT2D eigenvalue weighted by molar-refractivity contribution is 7.99. The fourth-order valence-electron chi connectivity index (χ4n) is 3.57. The summed E-state index contributed by atoms with van der Waals surface area (Å²) in [4.78, 5) is 29.1. The maximum absolute atomic E-state index is 11.4. The van der Waals surface area contributed by atoms with Crippen LogP contribution in [0, 0.1) is 0 Å². The van der Waals surface area contributed by atoms with E-state index in [0.29, 0.717) is 24.0 Å². The van der Waals surface area contributed by atoms with Crippen LogP contribution in [0.1, 0.15) is 15.9 Å². The van der Waals surface area contributed by atoms with Crippen molar-refractivity contribution >= 4 is 29.3 Å². The Hall–Kier alpha value is -3.30. The summed E-state index contributed by atoms with van der Waals surface area (Å²) < 4.78 is 6.24. The first-order chi connectivity index (χ1) is 16.4. The van der Waals surface area contributed by atoms with Crippen LogP contribution in [0.4, 0.5) is 11.6 Å². The Balaban J connectivity index is 1.57. The topological polar surface area (TPSA) is 87.8 Å². The summed E-state index contributed by atoms with van der Waals surface area (Å²) in [6.07, 6.45) is 1.82. The maximum Gasteiger partial charge on any atom is 0.248 e. The average molecular weight is 479 g/mol. The summed E-state index contributed by atoms with van der Waals surface area (Å²) in [6.45, 7) is 4.10. The molecular weight excluding hydrogens is 448 g/mol. The van der Waals surface area contributed by atoms with Gasteiger partial charge in [0.15, 0.2) is 0 Å². The summed E-state index contributed by atoms with van der Waals surface area (Å²) in [5, 5.41) is 0. The third-order valence-corrected chi connectivity index (χ3v) is 6.67. The van der Waals surface area contributed by atoms with Crippen molar-refractivity contribution in [2.24, 2.45) is 5.73 Å². The molecule has 1 amide bonds. The Morgan fingerprint density at radius 2 is 1.85 bits per heavy atom. The molecule has 34 heavy (non-hydrogen) atoms. The first-order valence-electron chi connectivity index (χ1n) is 11.2. The van der Waals surface area contributed by atoms with Gasteiger partial charge < -0.3 is 25.2 Å². The lowest BCUT2D eigenvalue weighted by Crippen LogP contribution is -2.45. The van der Waals surface area contributed by atoms with E-state index in [1.54, 1.807) is 12.1 Å². The Bertz CT molecular complexity index is 1130. The van der Waals surface area contributed by atoms with Gasteiger partial charge in [0.1, 0.15) is 6.61 Å². The number of nitrogens with two attached hydrogens (primary N) is 1. The molecular formula is C25H30N6O2S. The van der Waals surface area contributed by atoms with Gasteiger partial charge in [-0.1, -0.05) is 23.9 Å². The number of carbonyl (C=O) groups is 1. The SMILES string of the molecule is CN1CCN(c2ncc(Sc3ccc(C(N)=O)cc3)c(OCc3cccc(N(C)C)c3)n2)CC1. The van der Waals surface area contributed by atoms with E-state index in [9.17, 15) is 4.79 Å². The largest absolute Gasteiger partial charge is 0.472 e. The van der Waals surface area contributed by atoms with E-state index in [4.69, 9.17) is 15.5 Å². The van der Waals surface area contributed by atoms with Gasteiger partial charge in [0.25, 0.3) is 0 Å². The lowest BCUT2D eigenvalue weighted by Gasteiger charge is -2.32. The zero-order chi connectivity index (χ0) is 24.1. The normalized spacial score (nSPS) is 14.1. The summed E-state index contributed by atoms with van der Waals surface area (Å²) in [6, 6.07) is 15.4. The molecule has 1 aliphatic heterocycles. The molecule has 0 saturated carbocycles. The standard InChI is InChI=1S/C25H30N6O2S/c1-29(2)20-6-4-5-18(15-20)17-33-24-22(34-21-9-7-19(8-10-21)23(26)32)16-27-25(28-24)31-13-11-30(3)12-14-31/h4-10,15-16H,11-14,17H2,1-3H3,(H2,26,32). The van der Waals surface area contributed by atoms with Gasteiger partial charge in [-0.3, -0.25) is 4.79 Å². The van der Waals surface area contributed by atoms with Crippen molar-refractivity contribution < 1.29 is 9.53 Å². The number of carbonyl (C=O) groups excluding carboxylic acids is 1. The van der Waals surface area contributed by atoms with Crippen LogP contribution in [-0.2, 0) is 6.61 Å². The van der Waals surface area contributed by atoms with E-state index < -0.39 is 5.91 Å². The van der Waals surface area contributed by atoms with Crippen LogP contribution in [0.3, 0.4) is 0 Å². The van der Waals surface area contributed by atoms with Crippen molar-refractivity contribution in [1.29, 1.82) is 0 Å². The minimum Gasteiger partial charge on any atom is -0.472 e. The zero-order valence-corrected chi connectivity index (χ0v) is 20.6. The van der Waals surface area contributed by atoms with Crippen molar-refractivity contribution in [3.05, 3.63) is 65.9 Å².